The topological polar surface area (TPSA) is 53.1 Å². The number of methoxy groups -OCH3 is 1. The maximum Gasteiger partial charge on any atom is 0.254 e. The number of likely N-dealkylation sites (N-methyl/N-ethyl adjacent to an activating group) is 2. The third kappa shape index (κ3) is 2.42. The second-order valence-electron chi connectivity index (χ2n) is 8.21. The molecule has 4 heterocycles. The summed E-state index contributed by atoms with van der Waals surface area (Å²) >= 11 is 8.67. The van der Waals surface area contributed by atoms with Crippen LogP contribution in [0.2, 0.25) is 0 Å². The van der Waals surface area contributed by atoms with Gasteiger partial charge in [-0.05, 0) is 36.7 Å². The number of benzene rings is 1. The first kappa shape index (κ1) is 21.6. The van der Waals surface area contributed by atoms with Crippen molar-refractivity contribution >= 4 is 57.1 Å². The Kier molecular flexibility index (Phi) is 5.01. The largest absolute Gasteiger partial charge is 0.497 e. The summed E-state index contributed by atoms with van der Waals surface area (Å²) in [6.07, 6.45) is 1.68. The van der Waals surface area contributed by atoms with Crippen molar-refractivity contribution in [2.75, 3.05) is 39.2 Å². The number of rotatable bonds is 4. The number of thioether (sulfide) groups is 1. The molecule has 0 bridgehead atoms. The number of thiophene rings is 1. The molecular weight excluding hydrogens is 462 g/mol. The third-order valence-corrected chi connectivity index (χ3v) is 9.78. The average molecular weight is 486 g/mol. The average Bonchev–Trinajstić information content (AvgIpc) is 3.51. The highest BCUT2D eigenvalue weighted by Gasteiger charge is 2.78. The first-order valence-electron chi connectivity index (χ1n) is 10.2. The molecule has 2 spiro atoms. The van der Waals surface area contributed by atoms with E-state index in [2.05, 4.69) is 6.58 Å². The summed E-state index contributed by atoms with van der Waals surface area (Å²) in [6.45, 7) is 4.68. The number of likely N-dealkylation sites (tertiary alicyclic amines) is 1. The van der Waals surface area contributed by atoms with Crippen LogP contribution in [0, 0.1) is 0 Å². The molecule has 32 heavy (non-hydrogen) atoms. The zero-order valence-electron chi connectivity index (χ0n) is 18.0. The van der Waals surface area contributed by atoms with Crippen molar-refractivity contribution in [3.8, 4) is 5.75 Å². The molecule has 2 aromatic rings. The smallest absolute Gasteiger partial charge is 0.254 e. The molecule has 3 atom stereocenters. The Morgan fingerprint density at radius 1 is 1.28 bits per heavy atom. The van der Waals surface area contributed by atoms with Gasteiger partial charge in [0.1, 0.15) is 14.8 Å². The van der Waals surface area contributed by atoms with Crippen LogP contribution in [-0.2, 0) is 15.1 Å². The van der Waals surface area contributed by atoms with Crippen LogP contribution in [-0.4, -0.2) is 65.0 Å². The molecule has 166 valence electrons. The molecule has 0 N–H and O–H groups in total. The summed E-state index contributed by atoms with van der Waals surface area (Å²) in [5.41, 5.74) is 0.368. The van der Waals surface area contributed by atoms with Gasteiger partial charge in [0.05, 0.1) is 7.11 Å². The molecule has 9 heteroatoms. The summed E-state index contributed by atoms with van der Waals surface area (Å²) in [4.78, 5) is 34.9. The van der Waals surface area contributed by atoms with Crippen LogP contribution < -0.4 is 9.64 Å². The molecule has 6 nitrogen and oxygen atoms in total. The number of ether oxygens (including phenoxy) is 1. The predicted molar refractivity (Wildman–Crippen MR) is 133 cm³/mol. The normalized spacial score (nSPS) is 29.6. The van der Waals surface area contributed by atoms with Gasteiger partial charge in [0, 0.05) is 42.2 Å². The van der Waals surface area contributed by atoms with E-state index in [9.17, 15) is 9.59 Å². The van der Waals surface area contributed by atoms with E-state index in [1.54, 1.807) is 41.4 Å². The molecule has 2 saturated heterocycles. The summed E-state index contributed by atoms with van der Waals surface area (Å²) < 4.78 is 4.87. The van der Waals surface area contributed by atoms with Gasteiger partial charge >= 0.3 is 0 Å². The second kappa shape index (κ2) is 7.41. The Balaban J connectivity index is 1.84. The van der Waals surface area contributed by atoms with Crippen molar-refractivity contribution in [1.82, 2.24) is 9.80 Å². The van der Waals surface area contributed by atoms with Crippen LogP contribution in [0.15, 0.2) is 48.4 Å². The molecule has 3 aliphatic rings. The van der Waals surface area contributed by atoms with E-state index in [0.29, 0.717) is 23.2 Å². The van der Waals surface area contributed by atoms with Crippen LogP contribution in [0.3, 0.4) is 0 Å². The SMILES string of the molecule is C=CCN1C(=O)[C@]2(SC1=S)[C@@H](c1cccs1)CN(C)[C@]21C(=O)N(C)c2ccc(OC)cc21. The molecule has 2 fully saturated rings. The first-order valence-corrected chi connectivity index (χ1v) is 12.3. The molecule has 0 saturated carbocycles. The fourth-order valence-electron chi connectivity index (χ4n) is 5.53. The lowest BCUT2D eigenvalue weighted by molar-refractivity contribution is -0.138. The van der Waals surface area contributed by atoms with Crippen LogP contribution in [0.25, 0.3) is 0 Å². The van der Waals surface area contributed by atoms with Crippen LogP contribution in [0.1, 0.15) is 16.4 Å². The predicted octanol–water partition coefficient (Wildman–Crippen LogP) is 3.44. The van der Waals surface area contributed by atoms with Gasteiger partial charge in [-0.1, -0.05) is 36.1 Å². The highest BCUT2D eigenvalue weighted by molar-refractivity contribution is 8.25. The van der Waals surface area contributed by atoms with Crippen LogP contribution in [0.4, 0.5) is 5.69 Å². The van der Waals surface area contributed by atoms with E-state index in [1.807, 2.05) is 47.7 Å². The van der Waals surface area contributed by atoms with E-state index in [4.69, 9.17) is 17.0 Å². The van der Waals surface area contributed by atoms with Crippen molar-refractivity contribution in [2.24, 2.45) is 0 Å². The van der Waals surface area contributed by atoms with Crippen LogP contribution >= 0.6 is 35.3 Å². The van der Waals surface area contributed by atoms with Gasteiger partial charge < -0.3 is 9.64 Å². The lowest BCUT2D eigenvalue weighted by atomic mass is 9.73. The third-order valence-electron chi connectivity index (χ3n) is 6.86. The number of carbonyl (C=O) groups is 2. The van der Waals surface area contributed by atoms with Gasteiger partial charge in [-0.25, -0.2) is 0 Å². The number of hydrogen-bond acceptors (Lipinski definition) is 7. The lowest BCUT2D eigenvalue weighted by Gasteiger charge is -2.42. The minimum atomic E-state index is -1.21. The maximum absolute atomic E-state index is 14.3. The van der Waals surface area contributed by atoms with E-state index in [1.165, 1.54) is 11.8 Å². The molecule has 0 radical (unpaired) electrons. The van der Waals surface area contributed by atoms with Crippen molar-refractivity contribution in [2.45, 2.75) is 16.2 Å². The Morgan fingerprint density at radius 3 is 2.72 bits per heavy atom. The Morgan fingerprint density at radius 2 is 2.06 bits per heavy atom. The summed E-state index contributed by atoms with van der Waals surface area (Å²) in [6, 6.07) is 9.68. The lowest BCUT2D eigenvalue weighted by Crippen LogP contribution is -2.62. The molecule has 1 aromatic carbocycles. The summed E-state index contributed by atoms with van der Waals surface area (Å²) in [7, 11) is 5.31. The highest BCUT2D eigenvalue weighted by atomic mass is 32.2. The summed E-state index contributed by atoms with van der Waals surface area (Å²) in [5.74, 6) is 0.196. The van der Waals surface area contributed by atoms with Crippen molar-refractivity contribution in [3.05, 3.63) is 58.8 Å². The number of thiocarbonyl (C=S) groups is 1. The van der Waals surface area contributed by atoms with Crippen molar-refractivity contribution < 1.29 is 14.3 Å². The molecular formula is C23H23N3O3S3. The number of hydrogen-bond donors (Lipinski definition) is 0. The molecule has 0 aliphatic carbocycles. The number of carbonyl (C=O) groups excluding carboxylic acids is 2. The number of fused-ring (bicyclic) bond motifs is 3. The van der Waals surface area contributed by atoms with E-state index < -0.39 is 10.3 Å². The fraction of sp³-hybridized carbons (Fsp3) is 0.348. The molecule has 2 amide bonds. The molecule has 0 unspecified atom stereocenters. The number of nitrogens with zero attached hydrogens (tertiary/aromatic N) is 3. The van der Waals surface area contributed by atoms with Gasteiger partial charge in [-0.3, -0.25) is 19.4 Å². The summed E-state index contributed by atoms with van der Waals surface area (Å²) in [5, 5.41) is 2.01. The van der Waals surface area contributed by atoms with Gasteiger partial charge in [0.25, 0.3) is 5.91 Å². The van der Waals surface area contributed by atoms with Crippen molar-refractivity contribution in [1.29, 1.82) is 0 Å². The zero-order valence-corrected chi connectivity index (χ0v) is 20.5. The fourth-order valence-corrected chi connectivity index (χ4v) is 8.63. The Bertz CT molecular complexity index is 1150. The number of anilines is 1. The minimum Gasteiger partial charge on any atom is -0.497 e. The van der Waals surface area contributed by atoms with Crippen LogP contribution in [0.5, 0.6) is 5.75 Å². The van der Waals surface area contributed by atoms with E-state index in [-0.39, 0.29) is 17.7 Å². The highest BCUT2D eigenvalue weighted by Crippen LogP contribution is 2.67. The van der Waals surface area contributed by atoms with Crippen molar-refractivity contribution in [3.63, 3.8) is 0 Å². The van der Waals surface area contributed by atoms with Gasteiger partial charge in [-0.15, -0.1) is 17.9 Å². The zero-order chi connectivity index (χ0) is 22.8. The standard InChI is InChI=1S/C23H23N3O3S3/c1-5-10-26-20(28)23(32-21(26)30)16(18-7-6-11-31-18)13-24(2)22(23)15-12-14(29-4)8-9-17(15)25(3)19(22)27/h5-9,11-12,16H,1,10,13H2,2-4H3/t16-,22-,23-/m1/s1. The van der Waals surface area contributed by atoms with E-state index in [0.717, 1.165) is 16.1 Å². The minimum absolute atomic E-state index is 0.119. The quantitative estimate of drug-likeness (QED) is 0.489. The van der Waals surface area contributed by atoms with Gasteiger partial charge in [0.2, 0.25) is 5.91 Å². The molecule has 5 rings (SSSR count). The Labute approximate surface area is 200 Å². The first-order chi connectivity index (χ1) is 15.3. The van der Waals surface area contributed by atoms with E-state index >= 15 is 0 Å². The Hall–Kier alpha value is -2.20. The molecule has 3 aliphatic heterocycles. The molecule has 1 aromatic heterocycles. The second-order valence-corrected chi connectivity index (χ2v) is 11.1. The number of amides is 2. The maximum atomic E-state index is 14.3. The van der Waals surface area contributed by atoms with Gasteiger partial charge in [-0.2, -0.15) is 0 Å². The monoisotopic (exact) mass is 485 g/mol. The van der Waals surface area contributed by atoms with Gasteiger partial charge in [0.15, 0.2) is 5.54 Å².